The molecule has 0 spiro atoms. The van der Waals surface area contributed by atoms with E-state index in [0.29, 0.717) is 12.5 Å². The van der Waals surface area contributed by atoms with Crippen LogP contribution >= 0.6 is 0 Å². The van der Waals surface area contributed by atoms with Gasteiger partial charge in [-0.2, -0.15) is 0 Å². The van der Waals surface area contributed by atoms with Crippen LogP contribution in [-0.4, -0.2) is 62.8 Å². The van der Waals surface area contributed by atoms with Crippen molar-refractivity contribution in [3.8, 4) is 11.5 Å². The zero-order valence-electron chi connectivity index (χ0n) is 17.1. The fourth-order valence-electron chi connectivity index (χ4n) is 3.94. The molecule has 2 aliphatic rings. The van der Waals surface area contributed by atoms with E-state index < -0.39 is 0 Å². The van der Waals surface area contributed by atoms with Gasteiger partial charge in [0.15, 0.2) is 0 Å². The number of piperidine rings is 1. The van der Waals surface area contributed by atoms with Crippen LogP contribution in [0.25, 0.3) is 0 Å². The first kappa shape index (κ1) is 20.9. The number of amides is 1. The zero-order valence-corrected chi connectivity index (χ0v) is 17.1. The third kappa shape index (κ3) is 6.67. The van der Waals surface area contributed by atoms with Gasteiger partial charge in [0.1, 0.15) is 18.1 Å². The topological polar surface area (TPSA) is 62.8 Å². The van der Waals surface area contributed by atoms with Gasteiger partial charge in [-0.3, -0.25) is 9.69 Å². The van der Waals surface area contributed by atoms with Crippen molar-refractivity contribution < 1.29 is 14.3 Å². The molecule has 2 unspecified atom stereocenters. The van der Waals surface area contributed by atoms with Gasteiger partial charge in [-0.05, 0) is 75.4 Å². The molecular weight excluding hydrogens is 354 g/mol. The summed E-state index contributed by atoms with van der Waals surface area (Å²) in [5.74, 6) is 2.48. The Morgan fingerprint density at radius 3 is 2.57 bits per heavy atom. The molecule has 6 nitrogen and oxygen atoms in total. The number of hydrogen-bond donors (Lipinski definition) is 2. The van der Waals surface area contributed by atoms with Crippen LogP contribution in [0.15, 0.2) is 24.3 Å². The van der Waals surface area contributed by atoms with Crippen molar-refractivity contribution in [2.75, 3.05) is 45.9 Å². The maximum Gasteiger partial charge on any atom is 0.237 e. The van der Waals surface area contributed by atoms with Crippen molar-refractivity contribution in [2.45, 2.75) is 45.1 Å². The predicted molar refractivity (Wildman–Crippen MR) is 111 cm³/mol. The molecule has 0 bridgehead atoms. The lowest BCUT2D eigenvalue weighted by Crippen LogP contribution is -2.46. The fraction of sp³-hybridized carbons (Fsp3) is 0.682. The van der Waals surface area contributed by atoms with Gasteiger partial charge in [-0.1, -0.05) is 6.92 Å². The lowest BCUT2D eigenvalue weighted by molar-refractivity contribution is -0.123. The Morgan fingerprint density at radius 2 is 1.89 bits per heavy atom. The number of rotatable bonds is 10. The molecule has 2 heterocycles. The van der Waals surface area contributed by atoms with Crippen LogP contribution in [0, 0.1) is 5.92 Å². The summed E-state index contributed by atoms with van der Waals surface area (Å²) in [5, 5.41) is 6.41. The summed E-state index contributed by atoms with van der Waals surface area (Å²) >= 11 is 0. The second kappa shape index (κ2) is 11.3. The highest BCUT2D eigenvalue weighted by Gasteiger charge is 2.24. The van der Waals surface area contributed by atoms with Crippen molar-refractivity contribution in [1.82, 2.24) is 15.5 Å². The number of carbonyl (C=O) groups is 1. The first-order valence-corrected chi connectivity index (χ1v) is 10.8. The molecule has 0 radical (unpaired) electrons. The summed E-state index contributed by atoms with van der Waals surface area (Å²) in [6.45, 7) is 8.34. The number of carbonyl (C=O) groups excluding carboxylic acids is 1. The minimum Gasteiger partial charge on any atom is -0.494 e. The summed E-state index contributed by atoms with van der Waals surface area (Å²) in [6.07, 6.45) is 5.45. The van der Waals surface area contributed by atoms with Crippen LogP contribution in [0.2, 0.25) is 0 Å². The molecule has 0 aliphatic carbocycles. The molecule has 28 heavy (non-hydrogen) atoms. The number of nitrogens with one attached hydrogen (secondary N) is 2. The van der Waals surface area contributed by atoms with E-state index in [9.17, 15) is 4.79 Å². The van der Waals surface area contributed by atoms with Gasteiger partial charge in [0, 0.05) is 19.6 Å². The van der Waals surface area contributed by atoms with E-state index in [2.05, 4.69) is 22.5 Å². The molecule has 1 aromatic carbocycles. The predicted octanol–water partition coefficient (Wildman–Crippen LogP) is 2.43. The molecule has 156 valence electrons. The summed E-state index contributed by atoms with van der Waals surface area (Å²) in [7, 11) is 0. The van der Waals surface area contributed by atoms with Gasteiger partial charge in [0.2, 0.25) is 5.91 Å². The monoisotopic (exact) mass is 389 g/mol. The van der Waals surface area contributed by atoms with Crippen molar-refractivity contribution in [3.05, 3.63) is 24.3 Å². The molecule has 6 heteroatoms. The molecule has 2 aliphatic heterocycles. The van der Waals surface area contributed by atoms with E-state index in [0.717, 1.165) is 70.1 Å². The normalized spacial score (nSPS) is 22.8. The summed E-state index contributed by atoms with van der Waals surface area (Å²) in [6, 6.07) is 7.88. The molecule has 2 N–H and O–H groups in total. The highest BCUT2D eigenvalue weighted by Crippen LogP contribution is 2.19. The maximum atomic E-state index is 12.2. The number of benzene rings is 1. The lowest BCUT2D eigenvalue weighted by atomic mass is 9.98. The minimum absolute atomic E-state index is 0.0202. The number of likely N-dealkylation sites (tertiary alicyclic amines) is 1. The number of ether oxygens (including phenoxy) is 2. The largest absolute Gasteiger partial charge is 0.494 e. The SMILES string of the molecule is CCCOc1ccc(OCCN2CCCC(CNC(=O)C3CCCN3)C2)cc1. The van der Waals surface area contributed by atoms with E-state index in [1.807, 2.05) is 24.3 Å². The van der Waals surface area contributed by atoms with Crippen molar-refractivity contribution in [2.24, 2.45) is 5.92 Å². The quantitative estimate of drug-likeness (QED) is 0.644. The standard InChI is InChI=1S/C22H35N3O3/c1-2-14-27-19-7-9-20(10-8-19)28-15-13-25-12-4-5-18(17-25)16-24-22(26)21-6-3-11-23-21/h7-10,18,21,23H,2-6,11-17H2,1H3,(H,24,26). The zero-order chi connectivity index (χ0) is 19.6. The smallest absolute Gasteiger partial charge is 0.237 e. The molecule has 0 saturated carbocycles. The Labute approximate surface area is 169 Å². The average molecular weight is 390 g/mol. The van der Waals surface area contributed by atoms with Crippen LogP contribution in [0.4, 0.5) is 0 Å². The third-order valence-electron chi connectivity index (χ3n) is 5.52. The second-order valence-corrected chi connectivity index (χ2v) is 7.87. The minimum atomic E-state index is 0.0202. The summed E-state index contributed by atoms with van der Waals surface area (Å²) < 4.78 is 11.5. The highest BCUT2D eigenvalue weighted by molar-refractivity contribution is 5.81. The maximum absolute atomic E-state index is 12.2. The average Bonchev–Trinajstić information content (AvgIpc) is 3.27. The molecule has 2 saturated heterocycles. The fourth-order valence-corrected chi connectivity index (χ4v) is 3.94. The van der Waals surface area contributed by atoms with E-state index in [4.69, 9.17) is 9.47 Å². The second-order valence-electron chi connectivity index (χ2n) is 7.87. The molecule has 2 atom stereocenters. The van der Waals surface area contributed by atoms with Crippen LogP contribution in [0.3, 0.4) is 0 Å². The summed E-state index contributed by atoms with van der Waals surface area (Å²) in [5.41, 5.74) is 0. The first-order chi connectivity index (χ1) is 13.7. The Kier molecular flexibility index (Phi) is 8.42. The van der Waals surface area contributed by atoms with Crippen LogP contribution in [0.1, 0.15) is 39.0 Å². The van der Waals surface area contributed by atoms with Gasteiger partial charge in [0.05, 0.1) is 12.6 Å². The van der Waals surface area contributed by atoms with E-state index in [1.165, 1.54) is 12.8 Å². The first-order valence-electron chi connectivity index (χ1n) is 10.8. The van der Waals surface area contributed by atoms with Crippen LogP contribution in [-0.2, 0) is 4.79 Å². The lowest BCUT2D eigenvalue weighted by Gasteiger charge is -2.32. The summed E-state index contributed by atoms with van der Waals surface area (Å²) in [4.78, 5) is 14.6. The van der Waals surface area contributed by atoms with Gasteiger partial charge in [-0.15, -0.1) is 0 Å². The van der Waals surface area contributed by atoms with Crippen molar-refractivity contribution in [1.29, 1.82) is 0 Å². The van der Waals surface area contributed by atoms with Crippen LogP contribution < -0.4 is 20.1 Å². The molecular formula is C22H35N3O3. The Bertz CT molecular complexity index is 587. The van der Waals surface area contributed by atoms with E-state index in [1.54, 1.807) is 0 Å². The van der Waals surface area contributed by atoms with Crippen molar-refractivity contribution >= 4 is 5.91 Å². The van der Waals surface area contributed by atoms with Gasteiger partial charge in [0.25, 0.3) is 0 Å². The molecule has 0 aromatic heterocycles. The van der Waals surface area contributed by atoms with Gasteiger partial charge in [-0.25, -0.2) is 0 Å². The number of nitrogens with zero attached hydrogens (tertiary/aromatic N) is 1. The Balaban J connectivity index is 1.32. The molecule has 3 rings (SSSR count). The Morgan fingerprint density at radius 1 is 1.14 bits per heavy atom. The molecule has 1 amide bonds. The Hall–Kier alpha value is -1.79. The van der Waals surface area contributed by atoms with Gasteiger partial charge < -0.3 is 20.1 Å². The molecule has 1 aromatic rings. The van der Waals surface area contributed by atoms with E-state index >= 15 is 0 Å². The van der Waals surface area contributed by atoms with Crippen molar-refractivity contribution in [3.63, 3.8) is 0 Å². The van der Waals surface area contributed by atoms with Gasteiger partial charge >= 0.3 is 0 Å². The third-order valence-corrected chi connectivity index (χ3v) is 5.52. The highest BCUT2D eigenvalue weighted by atomic mass is 16.5. The van der Waals surface area contributed by atoms with E-state index in [-0.39, 0.29) is 11.9 Å². The molecule has 2 fully saturated rings. The number of hydrogen-bond acceptors (Lipinski definition) is 5. The van der Waals surface area contributed by atoms with Crippen LogP contribution in [0.5, 0.6) is 11.5 Å².